The lowest BCUT2D eigenvalue weighted by Gasteiger charge is -2.09. The minimum Gasteiger partial charge on any atom is -0.395 e. The van der Waals surface area contributed by atoms with E-state index in [1.165, 1.54) is 0 Å². The van der Waals surface area contributed by atoms with Gasteiger partial charge in [0, 0.05) is 12.5 Å². The summed E-state index contributed by atoms with van der Waals surface area (Å²) in [5.74, 6) is 0.118. The Labute approximate surface area is 67.8 Å². The molecule has 1 atom stereocenters. The van der Waals surface area contributed by atoms with Gasteiger partial charge in [0.05, 0.1) is 6.61 Å². The Hall–Kier alpha value is -0.570. The monoisotopic (exact) mass is 159 g/mol. The van der Waals surface area contributed by atoms with Crippen LogP contribution in [0.3, 0.4) is 0 Å². The third-order valence-electron chi connectivity index (χ3n) is 1.58. The molecule has 0 saturated heterocycles. The molecule has 2 N–H and O–H groups in total. The summed E-state index contributed by atoms with van der Waals surface area (Å²) in [6.45, 7) is 4.34. The van der Waals surface area contributed by atoms with Crippen molar-refractivity contribution in [3.05, 3.63) is 0 Å². The molecule has 0 aromatic rings. The molecule has 0 aliphatic heterocycles. The summed E-state index contributed by atoms with van der Waals surface area (Å²) in [5, 5.41) is 11.0. The lowest BCUT2D eigenvalue weighted by Crippen LogP contribution is -2.31. The molecule has 0 aromatic carbocycles. The van der Waals surface area contributed by atoms with Crippen molar-refractivity contribution in [2.24, 2.45) is 5.92 Å². The van der Waals surface area contributed by atoms with Crippen molar-refractivity contribution in [3.8, 4) is 0 Å². The maximum absolute atomic E-state index is 11.1. The number of aliphatic hydroxyl groups excluding tert-OH is 1. The molecule has 0 saturated carbocycles. The van der Waals surface area contributed by atoms with Gasteiger partial charge < -0.3 is 10.4 Å². The minimum absolute atomic E-state index is 0.0184. The summed E-state index contributed by atoms with van der Waals surface area (Å²) in [7, 11) is 0. The zero-order chi connectivity index (χ0) is 8.69. The Kier molecular flexibility index (Phi) is 5.84. The van der Waals surface area contributed by atoms with E-state index in [4.69, 9.17) is 5.11 Å². The first kappa shape index (κ1) is 10.4. The van der Waals surface area contributed by atoms with Crippen LogP contribution in [-0.4, -0.2) is 24.2 Å². The number of hydrogen-bond acceptors (Lipinski definition) is 2. The van der Waals surface area contributed by atoms with Crippen LogP contribution in [0.1, 0.15) is 26.7 Å². The number of carbonyl (C=O) groups excluding carboxylic acids is 1. The quantitative estimate of drug-likeness (QED) is 0.614. The van der Waals surface area contributed by atoms with E-state index in [9.17, 15) is 4.79 Å². The van der Waals surface area contributed by atoms with Gasteiger partial charge in [-0.25, -0.2) is 0 Å². The van der Waals surface area contributed by atoms with Gasteiger partial charge in [-0.15, -0.1) is 0 Å². The van der Waals surface area contributed by atoms with Gasteiger partial charge in [0.15, 0.2) is 0 Å². The second-order valence-corrected chi connectivity index (χ2v) is 2.70. The van der Waals surface area contributed by atoms with Gasteiger partial charge >= 0.3 is 0 Å². The van der Waals surface area contributed by atoms with Gasteiger partial charge in [-0.1, -0.05) is 20.3 Å². The molecule has 0 bridgehead atoms. The number of carbonyl (C=O) groups is 1. The van der Waals surface area contributed by atoms with Crippen molar-refractivity contribution in [3.63, 3.8) is 0 Å². The maximum Gasteiger partial charge on any atom is 0.222 e. The zero-order valence-corrected chi connectivity index (χ0v) is 7.26. The average Bonchev–Trinajstić information content (AvgIpc) is 2.00. The van der Waals surface area contributed by atoms with Crippen LogP contribution in [0.25, 0.3) is 0 Å². The highest BCUT2D eigenvalue weighted by Gasteiger charge is 2.09. The van der Waals surface area contributed by atoms with E-state index < -0.39 is 0 Å². The molecule has 1 unspecified atom stereocenters. The normalized spacial score (nSPS) is 12.6. The number of hydrogen-bond donors (Lipinski definition) is 2. The summed E-state index contributed by atoms with van der Waals surface area (Å²) in [5.41, 5.74) is 0. The number of amides is 1. The first-order valence-electron chi connectivity index (χ1n) is 4.11. The lowest BCUT2D eigenvalue weighted by atomic mass is 10.1. The average molecular weight is 159 g/mol. The van der Waals surface area contributed by atoms with Crippen molar-refractivity contribution >= 4 is 5.91 Å². The summed E-state index contributed by atoms with van der Waals surface area (Å²) in [6, 6.07) is 0. The molecule has 0 aliphatic carbocycles. The van der Waals surface area contributed by atoms with Gasteiger partial charge in [-0.3, -0.25) is 4.79 Å². The van der Waals surface area contributed by atoms with Crippen molar-refractivity contribution < 1.29 is 9.90 Å². The molecule has 0 rings (SSSR count). The third-order valence-corrected chi connectivity index (χ3v) is 1.58. The van der Waals surface area contributed by atoms with E-state index in [-0.39, 0.29) is 18.4 Å². The van der Waals surface area contributed by atoms with Crippen LogP contribution in [0.2, 0.25) is 0 Å². The second-order valence-electron chi connectivity index (χ2n) is 2.70. The minimum atomic E-state index is 0.0184. The summed E-state index contributed by atoms with van der Waals surface area (Å²) >= 11 is 0. The number of rotatable bonds is 5. The summed E-state index contributed by atoms with van der Waals surface area (Å²) in [6.07, 6.45) is 1.94. The fourth-order valence-corrected chi connectivity index (χ4v) is 0.917. The molecule has 0 radical (unpaired) electrons. The number of aliphatic hydroxyl groups is 1. The van der Waals surface area contributed by atoms with E-state index in [0.29, 0.717) is 6.54 Å². The van der Waals surface area contributed by atoms with Crippen LogP contribution in [-0.2, 0) is 4.79 Å². The Morgan fingerprint density at radius 2 is 2.27 bits per heavy atom. The fraction of sp³-hybridized carbons (Fsp3) is 0.875. The van der Waals surface area contributed by atoms with E-state index in [1.807, 2.05) is 6.92 Å². The van der Waals surface area contributed by atoms with Crippen molar-refractivity contribution in [1.82, 2.24) is 5.32 Å². The maximum atomic E-state index is 11.1. The highest BCUT2D eigenvalue weighted by molar-refractivity contribution is 5.78. The first-order valence-corrected chi connectivity index (χ1v) is 4.11. The third kappa shape index (κ3) is 4.79. The van der Waals surface area contributed by atoms with Gasteiger partial charge in [0.1, 0.15) is 0 Å². The second kappa shape index (κ2) is 6.16. The van der Waals surface area contributed by atoms with Crippen molar-refractivity contribution in [1.29, 1.82) is 0 Å². The van der Waals surface area contributed by atoms with Crippen molar-refractivity contribution in [2.45, 2.75) is 26.7 Å². The SMILES string of the molecule is CCCC(C)C(=O)NCCO. The van der Waals surface area contributed by atoms with Crippen LogP contribution in [0.15, 0.2) is 0 Å². The summed E-state index contributed by atoms with van der Waals surface area (Å²) in [4.78, 5) is 11.1. The van der Waals surface area contributed by atoms with Gasteiger partial charge in [0.2, 0.25) is 5.91 Å². The molecular weight excluding hydrogens is 142 g/mol. The van der Waals surface area contributed by atoms with Crippen LogP contribution >= 0.6 is 0 Å². The molecule has 0 fully saturated rings. The highest BCUT2D eigenvalue weighted by Crippen LogP contribution is 2.03. The standard InChI is InChI=1S/C8H17NO2/c1-3-4-7(2)8(11)9-5-6-10/h7,10H,3-6H2,1-2H3,(H,9,11). The molecule has 11 heavy (non-hydrogen) atoms. The van der Waals surface area contributed by atoms with Crippen LogP contribution in [0.4, 0.5) is 0 Å². The summed E-state index contributed by atoms with van der Waals surface area (Å²) < 4.78 is 0. The predicted molar refractivity (Wildman–Crippen MR) is 44.2 cm³/mol. The first-order chi connectivity index (χ1) is 5.22. The van der Waals surface area contributed by atoms with Crippen LogP contribution in [0, 0.1) is 5.92 Å². The predicted octanol–water partition coefficient (Wildman–Crippen LogP) is 0.531. The Balaban J connectivity index is 3.47. The van der Waals surface area contributed by atoms with E-state index in [2.05, 4.69) is 12.2 Å². The molecule has 0 aromatic heterocycles. The Morgan fingerprint density at radius 3 is 2.73 bits per heavy atom. The van der Waals surface area contributed by atoms with Crippen LogP contribution < -0.4 is 5.32 Å². The topological polar surface area (TPSA) is 49.3 Å². The molecule has 0 heterocycles. The van der Waals surface area contributed by atoms with E-state index >= 15 is 0 Å². The molecule has 3 nitrogen and oxygen atoms in total. The molecule has 1 amide bonds. The van der Waals surface area contributed by atoms with Gasteiger partial charge in [-0.2, -0.15) is 0 Å². The molecule has 0 spiro atoms. The largest absolute Gasteiger partial charge is 0.395 e. The Morgan fingerprint density at radius 1 is 1.64 bits per heavy atom. The van der Waals surface area contributed by atoms with Crippen LogP contribution in [0.5, 0.6) is 0 Å². The molecule has 0 aliphatic rings. The van der Waals surface area contributed by atoms with Gasteiger partial charge in [0.25, 0.3) is 0 Å². The van der Waals surface area contributed by atoms with E-state index in [0.717, 1.165) is 12.8 Å². The van der Waals surface area contributed by atoms with E-state index in [1.54, 1.807) is 0 Å². The van der Waals surface area contributed by atoms with Crippen molar-refractivity contribution in [2.75, 3.05) is 13.2 Å². The molecular formula is C8H17NO2. The lowest BCUT2D eigenvalue weighted by molar-refractivity contribution is -0.124. The molecule has 3 heteroatoms. The Bertz CT molecular complexity index is 115. The highest BCUT2D eigenvalue weighted by atomic mass is 16.3. The molecule has 66 valence electrons. The smallest absolute Gasteiger partial charge is 0.222 e. The van der Waals surface area contributed by atoms with Gasteiger partial charge in [-0.05, 0) is 6.42 Å². The fourth-order valence-electron chi connectivity index (χ4n) is 0.917. The number of nitrogens with one attached hydrogen (secondary N) is 1. The zero-order valence-electron chi connectivity index (χ0n) is 7.26.